The van der Waals surface area contributed by atoms with Gasteiger partial charge in [-0.05, 0) is 25.0 Å². The van der Waals surface area contributed by atoms with Crippen LogP contribution in [0.2, 0.25) is 0 Å². The van der Waals surface area contributed by atoms with Crippen LogP contribution in [0.3, 0.4) is 0 Å². The second-order valence-electron chi connectivity index (χ2n) is 2.59. The van der Waals surface area contributed by atoms with Crippen molar-refractivity contribution in [3.8, 4) is 0 Å². The summed E-state index contributed by atoms with van der Waals surface area (Å²) in [4.78, 5) is -0.137. The number of aryl methyl sites for hydroxylation is 1. The highest BCUT2D eigenvalue weighted by atomic mass is 32.2. The summed E-state index contributed by atoms with van der Waals surface area (Å²) in [6.07, 6.45) is 0. The molecule has 0 fully saturated rings. The minimum absolute atomic E-state index is 0.137. The Labute approximate surface area is 71.8 Å². The van der Waals surface area contributed by atoms with Gasteiger partial charge in [-0.1, -0.05) is 12.1 Å². The average Bonchev–Trinajstić information content (AvgIpc) is 1.92. The molecule has 0 unspecified atom stereocenters. The first-order valence-corrected chi connectivity index (χ1v) is 4.82. The molecule has 0 bridgehead atoms. The number of rotatable bonds is 1. The van der Waals surface area contributed by atoms with E-state index in [1.165, 1.54) is 6.07 Å². The average molecular weight is 185 g/mol. The van der Waals surface area contributed by atoms with Gasteiger partial charge in [0.2, 0.25) is 0 Å². The zero-order valence-corrected chi connectivity index (χ0v) is 7.64. The SMILES string of the molecule is Cc1cc[c]c(S(=O)(=O)O)c1C. The first-order chi connectivity index (χ1) is 5.43. The maximum absolute atomic E-state index is 10.7. The summed E-state index contributed by atoms with van der Waals surface area (Å²) < 4.78 is 30.2. The molecule has 1 aromatic rings. The highest BCUT2D eigenvalue weighted by Crippen LogP contribution is 2.16. The van der Waals surface area contributed by atoms with Crippen molar-refractivity contribution in [2.75, 3.05) is 0 Å². The van der Waals surface area contributed by atoms with Crippen LogP contribution < -0.4 is 0 Å². The fourth-order valence-electron chi connectivity index (χ4n) is 0.923. The molecule has 0 saturated heterocycles. The van der Waals surface area contributed by atoms with Gasteiger partial charge >= 0.3 is 0 Å². The van der Waals surface area contributed by atoms with Crippen LogP contribution >= 0.6 is 0 Å². The molecule has 0 amide bonds. The molecule has 0 saturated carbocycles. The largest absolute Gasteiger partial charge is 0.295 e. The van der Waals surface area contributed by atoms with Gasteiger partial charge in [-0.3, -0.25) is 4.55 Å². The molecule has 65 valence electrons. The lowest BCUT2D eigenvalue weighted by molar-refractivity contribution is 0.482. The van der Waals surface area contributed by atoms with E-state index in [0.717, 1.165) is 5.56 Å². The summed E-state index contributed by atoms with van der Waals surface area (Å²) in [7, 11) is -4.11. The third kappa shape index (κ3) is 1.65. The Morgan fingerprint density at radius 1 is 1.42 bits per heavy atom. The van der Waals surface area contributed by atoms with E-state index in [0.29, 0.717) is 5.56 Å². The van der Waals surface area contributed by atoms with Crippen molar-refractivity contribution in [1.29, 1.82) is 0 Å². The first-order valence-electron chi connectivity index (χ1n) is 3.38. The van der Waals surface area contributed by atoms with Crippen molar-refractivity contribution < 1.29 is 13.0 Å². The van der Waals surface area contributed by atoms with E-state index < -0.39 is 10.1 Å². The second-order valence-corrected chi connectivity index (χ2v) is 3.95. The van der Waals surface area contributed by atoms with Crippen LogP contribution in [-0.2, 0) is 10.1 Å². The smallest absolute Gasteiger partial charge is 0.282 e. The summed E-state index contributed by atoms with van der Waals surface area (Å²) in [5, 5.41) is 0. The van der Waals surface area contributed by atoms with Crippen molar-refractivity contribution >= 4 is 10.1 Å². The Morgan fingerprint density at radius 3 is 2.42 bits per heavy atom. The normalized spacial score (nSPS) is 11.6. The zero-order chi connectivity index (χ0) is 9.35. The number of hydrogen-bond acceptors (Lipinski definition) is 2. The second kappa shape index (κ2) is 2.88. The van der Waals surface area contributed by atoms with E-state index >= 15 is 0 Å². The Bertz CT molecular complexity index is 393. The van der Waals surface area contributed by atoms with Gasteiger partial charge in [-0.2, -0.15) is 8.42 Å². The van der Waals surface area contributed by atoms with Crippen LogP contribution in [0.1, 0.15) is 11.1 Å². The monoisotopic (exact) mass is 185 g/mol. The number of benzene rings is 1. The van der Waals surface area contributed by atoms with Crippen LogP contribution in [-0.4, -0.2) is 13.0 Å². The van der Waals surface area contributed by atoms with Gasteiger partial charge in [-0.25, -0.2) is 0 Å². The van der Waals surface area contributed by atoms with E-state index in [9.17, 15) is 8.42 Å². The van der Waals surface area contributed by atoms with Crippen molar-refractivity contribution in [3.05, 3.63) is 29.3 Å². The van der Waals surface area contributed by atoms with E-state index in [1.807, 2.05) is 0 Å². The molecule has 1 aromatic carbocycles. The van der Waals surface area contributed by atoms with Crippen LogP contribution in [0, 0.1) is 19.9 Å². The molecule has 1 radical (unpaired) electrons. The van der Waals surface area contributed by atoms with Gasteiger partial charge in [0, 0.05) is 6.07 Å². The van der Waals surface area contributed by atoms with Crippen LogP contribution in [0.15, 0.2) is 17.0 Å². The third-order valence-electron chi connectivity index (χ3n) is 1.74. The molecule has 0 aromatic heterocycles. The molecule has 0 aliphatic carbocycles. The molecular formula is C8H9O3S. The van der Waals surface area contributed by atoms with Crippen LogP contribution in [0.25, 0.3) is 0 Å². The standard InChI is InChI=1S/C8H9O3S/c1-6-4-3-5-8(7(6)2)12(9,10)11/h3-4H,1-2H3,(H,9,10,11). The zero-order valence-electron chi connectivity index (χ0n) is 6.83. The summed E-state index contributed by atoms with van der Waals surface area (Å²) in [5.41, 5.74) is 1.36. The lowest BCUT2D eigenvalue weighted by Gasteiger charge is -2.03. The van der Waals surface area contributed by atoms with Crippen LogP contribution in [0.5, 0.6) is 0 Å². The van der Waals surface area contributed by atoms with E-state index in [4.69, 9.17) is 4.55 Å². The summed E-state index contributed by atoms with van der Waals surface area (Å²) in [6, 6.07) is 5.70. The fraction of sp³-hybridized carbons (Fsp3) is 0.250. The Morgan fingerprint density at radius 2 is 2.00 bits per heavy atom. The highest BCUT2D eigenvalue weighted by Gasteiger charge is 2.13. The minimum atomic E-state index is -4.11. The third-order valence-corrected chi connectivity index (χ3v) is 2.68. The van der Waals surface area contributed by atoms with Gasteiger partial charge in [0.1, 0.15) is 4.90 Å². The lowest BCUT2D eigenvalue weighted by Crippen LogP contribution is -2.01. The molecule has 1 N–H and O–H groups in total. The molecule has 1 rings (SSSR count). The Hall–Kier alpha value is -0.870. The molecule has 12 heavy (non-hydrogen) atoms. The molecule has 4 heteroatoms. The topological polar surface area (TPSA) is 54.4 Å². The van der Waals surface area contributed by atoms with Gasteiger partial charge in [0.25, 0.3) is 10.1 Å². The molecule has 0 atom stereocenters. The highest BCUT2D eigenvalue weighted by molar-refractivity contribution is 7.85. The summed E-state index contributed by atoms with van der Waals surface area (Å²) in [6.45, 7) is 3.41. The Kier molecular flexibility index (Phi) is 2.21. The van der Waals surface area contributed by atoms with Gasteiger partial charge in [-0.15, -0.1) is 0 Å². The molecule has 0 spiro atoms. The molecule has 3 nitrogen and oxygen atoms in total. The van der Waals surface area contributed by atoms with E-state index in [-0.39, 0.29) is 4.90 Å². The fourth-order valence-corrected chi connectivity index (χ4v) is 1.69. The molecule has 0 heterocycles. The Balaban J connectivity index is 3.47. The predicted octanol–water partition coefficient (Wildman–Crippen LogP) is 1.35. The summed E-state index contributed by atoms with van der Waals surface area (Å²) >= 11 is 0. The first kappa shape index (κ1) is 9.22. The van der Waals surface area contributed by atoms with Crippen molar-refractivity contribution in [2.45, 2.75) is 18.7 Å². The minimum Gasteiger partial charge on any atom is -0.282 e. The molecule has 0 aliphatic rings. The van der Waals surface area contributed by atoms with Gasteiger partial charge in [0.15, 0.2) is 0 Å². The summed E-state index contributed by atoms with van der Waals surface area (Å²) in [5.74, 6) is 0. The maximum Gasteiger partial charge on any atom is 0.295 e. The molecule has 0 aliphatic heterocycles. The molecular weight excluding hydrogens is 176 g/mol. The predicted molar refractivity (Wildman–Crippen MR) is 44.6 cm³/mol. The van der Waals surface area contributed by atoms with E-state index in [1.54, 1.807) is 19.9 Å². The quantitative estimate of drug-likeness (QED) is 0.672. The van der Waals surface area contributed by atoms with Gasteiger partial charge in [0.05, 0.1) is 0 Å². The van der Waals surface area contributed by atoms with E-state index in [2.05, 4.69) is 6.07 Å². The van der Waals surface area contributed by atoms with Gasteiger partial charge < -0.3 is 0 Å². The van der Waals surface area contributed by atoms with Crippen molar-refractivity contribution in [3.63, 3.8) is 0 Å². The van der Waals surface area contributed by atoms with Crippen molar-refractivity contribution in [2.24, 2.45) is 0 Å². The van der Waals surface area contributed by atoms with Crippen molar-refractivity contribution in [1.82, 2.24) is 0 Å². The lowest BCUT2D eigenvalue weighted by atomic mass is 10.1. The number of hydrogen-bond donors (Lipinski definition) is 1. The van der Waals surface area contributed by atoms with Crippen LogP contribution in [0.4, 0.5) is 0 Å². The maximum atomic E-state index is 10.7.